The molecule has 7 heteroatoms. The lowest BCUT2D eigenvalue weighted by molar-refractivity contribution is 0.0216. The van der Waals surface area contributed by atoms with Crippen LogP contribution >= 0.6 is 0 Å². The standard InChI is InChI=1S/C21H19FN2O4/c22-17-10-11-23(21(27)28-13-14-6-2-1-3-7-14)12-18(17)24-19(25)15-8-4-5-9-16(15)20(24)26/h1-9,17-18H,10-13H2/t17-,18-/m1/s1. The molecule has 2 heterocycles. The zero-order valence-corrected chi connectivity index (χ0v) is 15.1. The number of halogens is 1. The topological polar surface area (TPSA) is 66.9 Å². The minimum Gasteiger partial charge on any atom is -0.445 e. The lowest BCUT2D eigenvalue weighted by Crippen LogP contribution is -2.56. The molecule has 0 unspecified atom stereocenters. The first kappa shape index (κ1) is 18.2. The molecule has 0 aliphatic carbocycles. The fourth-order valence-corrected chi connectivity index (χ4v) is 3.63. The van der Waals surface area contributed by atoms with Gasteiger partial charge < -0.3 is 9.64 Å². The van der Waals surface area contributed by atoms with E-state index < -0.39 is 30.1 Å². The van der Waals surface area contributed by atoms with Crippen LogP contribution in [-0.4, -0.2) is 53.0 Å². The summed E-state index contributed by atoms with van der Waals surface area (Å²) in [6, 6.07) is 14.6. The summed E-state index contributed by atoms with van der Waals surface area (Å²) in [4.78, 5) is 40.0. The fourth-order valence-electron chi connectivity index (χ4n) is 3.63. The van der Waals surface area contributed by atoms with Gasteiger partial charge in [-0.1, -0.05) is 42.5 Å². The molecule has 4 rings (SSSR count). The number of nitrogens with zero attached hydrogens (tertiary/aromatic N) is 2. The highest BCUT2D eigenvalue weighted by molar-refractivity contribution is 6.21. The SMILES string of the molecule is O=C(OCc1ccccc1)N1CC[C@@H](F)[C@H](N2C(=O)c3ccccc3C2=O)C1. The van der Waals surface area contributed by atoms with E-state index in [0.29, 0.717) is 0 Å². The van der Waals surface area contributed by atoms with Crippen LogP contribution in [0.4, 0.5) is 9.18 Å². The Hall–Kier alpha value is -3.22. The minimum atomic E-state index is -1.39. The molecule has 0 N–H and O–H groups in total. The van der Waals surface area contributed by atoms with Crippen molar-refractivity contribution < 1.29 is 23.5 Å². The van der Waals surface area contributed by atoms with Gasteiger partial charge in [0.05, 0.1) is 17.2 Å². The zero-order valence-electron chi connectivity index (χ0n) is 15.1. The average Bonchev–Trinajstić information content (AvgIpc) is 2.98. The summed E-state index contributed by atoms with van der Waals surface area (Å²) >= 11 is 0. The normalized spacial score (nSPS) is 21.6. The summed E-state index contributed by atoms with van der Waals surface area (Å²) in [5.41, 5.74) is 1.38. The van der Waals surface area contributed by atoms with Gasteiger partial charge in [0.25, 0.3) is 11.8 Å². The second-order valence-corrected chi connectivity index (χ2v) is 6.88. The molecule has 2 aromatic rings. The van der Waals surface area contributed by atoms with E-state index in [1.807, 2.05) is 30.3 Å². The molecule has 6 nitrogen and oxygen atoms in total. The van der Waals surface area contributed by atoms with Crippen molar-refractivity contribution in [3.05, 3.63) is 71.3 Å². The highest BCUT2D eigenvalue weighted by atomic mass is 19.1. The van der Waals surface area contributed by atoms with Crippen molar-refractivity contribution in [1.29, 1.82) is 0 Å². The van der Waals surface area contributed by atoms with Gasteiger partial charge in [-0.3, -0.25) is 14.5 Å². The number of likely N-dealkylation sites (tertiary alicyclic amines) is 1. The molecule has 0 bridgehead atoms. The van der Waals surface area contributed by atoms with E-state index in [0.717, 1.165) is 10.5 Å². The van der Waals surface area contributed by atoms with Crippen LogP contribution in [0, 0.1) is 0 Å². The Morgan fingerprint density at radius 2 is 1.61 bits per heavy atom. The van der Waals surface area contributed by atoms with Crippen molar-refractivity contribution >= 4 is 17.9 Å². The number of hydrogen-bond acceptors (Lipinski definition) is 4. The molecule has 2 aromatic carbocycles. The number of piperidine rings is 1. The van der Waals surface area contributed by atoms with Gasteiger partial charge in [0, 0.05) is 13.1 Å². The van der Waals surface area contributed by atoms with Crippen molar-refractivity contribution in [3.8, 4) is 0 Å². The molecule has 144 valence electrons. The molecular weight excluding hydrogens is 363 g/mol. The molecule has 0 aromatic heterocycles. The Labute approximate surface area is 161 Å². The van der Waals surface area contributed by atoms with Gasteiger partial charge >= 0.3 is 6.09 Å². The highest BCUT2D eigenvalue weighted by Crippen LogP contribution is 2.29. The van der Waals surface area contributed by atoms with E-state index in [2.05, 4.69) is 0 Å². The van der Waals surface area contributed by atoms with Crippen LogP contribution in [0.25, 0.3) is 0 Å². The Morgan fingerprint density at radius 3 is 2.25 bits per heavy atom. The quantitative estimate of drug-likeness (QED) is 0.766. The van der Waals surface area contributed by atoms with E-state index in [-0.39, 0.29) is 37.2 Å². The number of carbonyl (C=O) groups is 3. The van der Waals surface area contributed by atoms with Crippen LogP contribution in [0.2, 0.25) is 0 Å². The zero-order chi connectivity index (χ0) is 19.7. The van der Waals surface area contributed by atoms with Crippen LogP contribution in [-0.2, 0) is 11.3 Å². The monoisotopic (exact) mass is 382 g/mol. The largest absolute Gasteiger partial charge is 0.445 e. The molecule has 28 heavy (non-hydrogen) atoms. The van der Waals surface area contributed by atoms with E-state index in [1.165, 1.54) is 4.90 Å². The first-order valence-corrected chi connectivity index (χ1v) is 9.13. The molecule has 3 amide bonds. The summed E-state index contributed by atoms with van der Waals surface area (Å²) in [6.07, 6.45) is -1.93. The maximum atomic E-state index is 14.6. The molecule has 1 saturated heterocycles. The van der Waals surface area contributed by atoms with Crippen molar-refractivity contribution in [2.75, 3.05) is 13.1 Å². The van der Waals surface area contributed by atoms with Gasteiger partial charge in [0.15, 0.2) is 0 Å². The number of fused-ring (bicyclic) bond motifs is 1. The number of amides is 3. The molecule has 2 atom stereocenters. The highest BCUT2D eigenvalue weighted by Gasteiger charge is 2.45. The molecule has 1 fully saturated rings. The number of carbonyl (C=O) groups excluding carboxylic acids is 3. The van der Waals surface area contributed by atoms with Crippen LogP contribution in [0.3, 0.4) is 0 Å². The lowest BCUT2D eigenvalue weighted by atomic mass is 10.0. The van der Waals surface area contributed by atoms with Crippen LogP contribution in [0.5, 0.6) is 0 Å². The number of hydrogen-bond donors (Lipinski definition) is 0. The smallest absolute Gasteiger partial charge is 0.410 e. The minimum absolute atomic E-state index is 0.0402. The first-order chi connectivity index (χ1) is 13.6. The Bertz CT molecular complexity index is 883. The summed E-state index contributed by atoms with van der Waals surface area (Å²) in [7, 11) is 0. The third-order valence-corrected chi connectivity index (χ3v) is 5.12. The van der Waals surface area contributed by atoms with Gasteiger partial charge in [0.1, 0.15) is 12.8 Å². The van der Waals surface area contributed by atoms with E-state index >= 15 is 0 Å². The fraction of sp³-hybridized carbons (Fsp3) is 0.286. The van der Waals surface area contributed by atoms with Gasteiger partial charge in [0.2, 0.25) is 0 Å². The Kier molecular flexibility index (Phi) is 4.81. The van der Waals surface area contributed by atoms with Gasteiger partial charge in [-0.25, -0.2) is 9.18 Å². The van der Waals surface area contributed by atoms with Crippen molar-refractivity contribution in [3.63, 3.8) is 0 Å². The van der Waals surface area contributed by atoms with Gasteiger partial charge in [-0.15, -0.1) is 0 Å². The molecule has 0 radical (unpaired) electrons. The molecule has 0 spiro atoms. The third kappa shape index (κ3) is 3.24. The third-order valence-electron chi connectivity index (χ3n) is 5.12. The molecule has 2 aliphatic heterocycles. The molecular formula is C21H19FN2O4. The predicted molar refractivity (Wildman–Crippen MR) is 98.4 cm³/mol. The van der Waals surface area contributed by atoms with Gasteiger partial charge in [-0.2, -0.15) is 0 Å². The average molecular weight is 382 g/mol. The summed E-state index contributed by atoms with van der Waals surface area (Å²) < 4.78 is 19.9. The number of rotatable bonds is 3. The lowest BCUT2D eigenvalue weighted by Gasteiger charge is -2.38. The molecule has 0 saturated carbocycles. The Morgan fingerprint density at radius 1 is 1.00 bits per heavy atom. The van der Waals surface area contributed by atoms with Crippen LogP contribution in [0.15, 0.2) is 54.6 Å². The number of ether oxygens (including phenoxy) is 1. The van der Waals surface area contributed by atoms with Gasteiger partial charge in [-0.05, 0) is 24.1 Å². The number of imide groups is 1. The second-order valence-electron chi connectivity index (χ2n) is 6.88. The number of benzene rings is 2. The maximum Gasteiger partial charge on any atom is 0.410 e. The van der Waals surface area contributed by atoms with E-state index in [9.17, 15) is 18.8 Å². The van der Waals surface area contributed by atoms with Crippen LogP contribution in [0.1, 0.15) is 32.7 Å². The summed E-state index contributed by atoms with van der Waals surface area (Å²) in [5, 5.41) is 0. The Balaban J connectivity index is 1.46. The summed E-state index contributed by atoms with van der Waals surface area (Å²) in [6.45, 7) is 0.196. The van der Waals surface area contributed by atoms with Crippen molar-refractivity contribution in [1.82, 2.24) is 9.80 Å². The van der Waals surface area contributed by atoms with Crippen molar-refractivity contribution in [2.24, 2.45) is 0 Å². The van der Waals surface area contributed by atoms with E-state index in [4.69, 9.17) is 4.74 Å². The van der Waals surface area contributed by atoms with Crippen molar-refractivity contribution in [2.45, 2.75) is 25.2 Å². The maximum absolute atomic E-state index is 14.6. The van der Waals surface area contributed by atoms with E-state index in [1.54, 1.807) is 24.3 Å². The molecule has 2 aliphatic rings. The number of alkyl halides is 1. The predicted octanol–water partition coefficient (Wildman–Crippen LogP) is 3.03. The first-order valence-electron chi connectivity index (χ1n) is 9.13. The second kappa shape index (κ2) is 7.42. The van der Waals surface area contributed by atoms with Crippen LogP contribution < -0.4 is 0 Å². The summed E-state index contributed by atoms with van der Waals surface area (Å²) in [5.74, 6) is -1.04.